The SMILES string of the molecule is CCOC(=O)C(NC(=S)NC(=O)c1cccc(Cl)c1)C(=O)OCC. The predicted molar refractivity (Wildman–Crippen MR) is 91.7 cm³/mol. The fourth-order valence-corrected chi connectivity index (χ4v) is 2.04. The highest BCUT2D eigenvalue weighted by molar-refractivity contribution is 7.80. The lowest BCUT2D eigenvalue weighted by atomic mass is 10.2. The molecular formula is C15H17ClN2O5S. The highest BCUT2D eigenvalue weighted by Crippen LogP contribution is 2.10. The van der Waals surface area contributed by atoms with Crippen LogP contribution in [0.5, 0.6) is 0 Å². The van der Waals surface area contributed by atoms with Crippen molar-refractivity contribution in [2.45, 2.75) is 19.9 Å². The molecule has 1 amide bonds. The van der Waals surface area contributed by atoms with Crippen LogP contribution in [0.15, 0.2) is 24.3 Å². The summed E-state index contributed by atoms with van der Waals surface area (Å²) in [5, 5.41) is 4.94. The van der Waals surface area contributed by atoms with Gasteiger partial charge in [0.15, 0.2) is 5.11 Å². The number of benzene rings is 1. The standard InChI is InChI=1S/C15H17ClN2O5S/c1-3-22-13(20)11(14(21)23-4-2)17-15(24)18-12(19)9-6-5-7-10(16)8-9/h5-8,11H,3-4H2,1-2H3,(H2,17,18,19,24). The molecule has 0 fully saturated rings. The number of thiocarbonyl (C=S) groups is 1. The Morgan fingerprint density at radius 3 is 2.25 bits per heavy atom. The van der Waals surface area contributed by atoms with E-state index in [1.54, 1.807) is 26.0 Å². The smallest absolute Gasteiger partial charge is 0.340 e. The number of hydrogen-bond donors (Lipinski definition) is 2. The number of esters is 2. The van der Waals surface area contributed by atoms with Crippen LogP contribution in [0.2, 0.25) is 5.02 Å². The van der Waals surface area contributed by atoms with Crippen LogP contribution in [0.4, 0.5) is 0 Å². The largest absolute Gasteiger partial charge is 0.464 e. The number of carbonyl (C=O) groups is 3. The van der Waals surface area contributed by atoms with Gasteiger partial charge in [-0.05, 0) is 44.3 Å². The molecule has 0 radical (unpaired) electrons. The Bertz CT molecular complexity index is 620. The van der Waals surface area contributed by atoms with Crippen molar-refractivity contribution in [1.82, 2.24) is 10.6 Å². The summed E-state index contributed by atoms with van der Waals surface area (Å²) in [5.41, 5.74) is 0.274. The van der Waals surface area contributed by atoms with Gasteiger partial charge in [-0.25, -0.2) is 9.59 Å². The lowest BCUT2D eigenvalue weighted by Gasteiger charge is -2.17. The third kappa shape index (κ3) is 6.13. The van der Waals surface area contributed by atoms with Gasteiger partial charge in [0.25, 0.3) is 5.91 Å². The zero-order chi connectivity index (χ0) is 18.1. The fourth-order valence-electron chi connectivity index (χ4n) is 1.64. The van der Waals surface area contributed by atoms with Crippen molar-refractivity contribution in [1.29, 1.82) is 0 Å². The quantitative estimate of drug-likeness (QED) is 0.443. The van der Waals surface area contributed by atoms with Crippen molar-refractivity contribution in [3.8, 4) is 0 Å². The number of nitrogens with one attached hydrogen (secondary N) is 2. The molecular weight excluding hydrogens is 356 g/mol. The molecule has 0 aromatic heterocycles. The van der Waals surface area contributed by atoms with Gasteiger partial charge >= 0.3 is 11.9 Å². The van der Waals surface area contributed by atoms with Crippen LogP contribution in [0.25, 0.3) is 0 Å². The van der Waals surface area contributed by atoms with E-state index in [1.807, 2.05) is 0 Å². The van der Waals surface area contributed by atoms with E-state index >= 15 is 0 Å². The molecule has 2 N–H and O–H groups in total. The summed E-state index contributed by atoms with van der Waals surface area (Å²) in [6, 6.07) is 4.75. The average Bonchev–Trinajstić information content (AvgIpc) is 2.52. The minimum atomic E-state index is -1.46. The maximum atomic E-state index is 12.1. The van der Waals surface area contributed by atoms with Gasteiger partial charge in [-0.1, -0.05) is 17.7 Å². The van der Waals surface area contributed by atoms with E-state index < -0.39 is 23.9 Å². The van der Waals surface area contributed by atoms with E-state index in [0.29, 0.717) is 5.02 Å². The minimum Gasteiger partial charge on any atom is -0.464 e. The zero-order valence-electron chi connectivity index (χ0n) is 13.1. The first-order valence-electron chi connectivity index (χ1n) is 7.09. The summed E-state index contributed by atoms with van der Waals surface area (Å²) in [5.74, 6) is -2.24. The lowest BCUT2D eigenvalue weighted by molar-refractivity contribution is -0.157. The summed E-state index contributed by atoms with van der Waals surface area (Å²) >= 11 is 10.8. The van der Waals surface area contributed by atoms with Gasteiger partial charge in [0.05, 0.1) is 13.2 Å². The van der Waals surface area contributed by atoms with Crippen LogP contribution in [0, 0.1) is 0 Å². The van der Waals surface area contributed by atoms with Crippen molar-refractivity contribution >= 4 is 46.8 Å². The first-order valence-corrected chi connectivity index (χ1v) is 7.88. The van der Waals surface area contributed by atoms with Gasteiger partial charge < -0.3 is 14.8 Å². The molecule has 9 heteroatoms. The van der Waals surface area contributed by atoms with E-state index in [-0.39, 0.29) is 23.9 Å². The van der Waals surface area contributed by atoms with Gasteiger partial charge in [0, 0.05) is 10.6 Å². The third-order valence-electron chi connectivity index (χ3n) is 2.63. The third-order valence-corrected chi connectivity index (χ3v) is 3.09. The Kier molecular flexibility index (Phi) is 8.14. The van der Waals surface area contributed by atoms with Crippen molar-refractivity contribution in [3.05, 3.63) is 34.9 Å². The summed E-state index contributed by atoms with van der Waals surface area (Å²) in [4.78, 5) is 35.7. The van der Waals surface area contributed by atoms with Gasteiger partial charge in [-0.15, -0.1) is 0 Å². The molecule has 0 spiro atoms. The van der Waals surface area contributed by atoms with Crippen molar-refractivity contribution in [2.75, 3.05) is 13.2 Å². The van der Waals surface area contributed by atoms with E-state index in [0.717, 1.165) is 0 Å². The van der Waals surface area contributed by atoms with Crippen molar-refractivity contribution in [2.24, 2.45) is 0 Å². The van der Waals surface area contributed by atoms with Crippen molar-refractivity contribution in [3.63, 3.8) is 0 Å². The number of ether oxygens (including phenoxy) is 2. The normalized spacial score (nSPS) is 10.0. The monoisotopic (exact) mass is 372 g/mol. The van der Waals surface area contributed by atoms with E-state index in [9.17, 15) is 14.4 Å². The van der Waals surface area contributed by atoms with Crippen LogP contribution < -0.4 is 10.6 Å². The molecule has 0 unspecified atom stereocenters. The Balaban J connectivity index is 2.75. The second-order valence-electron chi connectivity index (χ2n) is 4.38. The number of rotatable bonds is 6. The van der Waals surface area contributed by atoms with Crippen LogP contribution in [0.1, 0.15) is 24.2 Å². The number of amides is 1. The Morgan fingerprint density at radius 1 is 1.17 bits per heavy atom. The molecule has 0 aliphatic heterocycles. The topological polar surface area (TPSA) is 93.7 Å². The van der Waals surface area contributed by atoms with Crippen LogP contribution in [0.3, 0.4) is 0 Å². The maximum Gasteiger partial charge on any atom is 0.340 e. The van der Waals surface area contributed by atoms with Crippen LogP contribution in [-0.4, -0.2) is 42.2 Å². The molecule has 0 aliphatic rings. The summed E-state index contributed by atoms with van der Waals surface area (Å²) < 4.78 is 9.57. The summed E-state index contributed by atoms with van der Waals surface area (Å²) in [6.07, 6.45) is 0. The van der Waals surface area contributed by atoms with Crippen molar-refractivity contribution < 1.29 is 23.9 Å². The Hall–Kier alpha value is -2.19. The second-order valence-corrected chi connectivity index (χ2v) is 5.22. The highest BCUT2D eigenvalue weighted by atomic mass is 35.5. The van der Waals surface area contributed by atoms with Gasteiger partial charge in [-0.2, -0.15) is 0 Å². The molecule has 0 heterocycles. The van der Waals surface area contributed by atoms with E-state index in [4.69, 9.17) is 33.3 Å². The molecule has 130 valence electrons. The number of carbonyl (C=O) groups excluding carboxylic acids is 3. The predicted octanol–water partition coefficient (Wildman–Crippen LogP) is 1.44. The fraction of sp³-hybridized carbons (Fsp3) is 0.333. The van der Waals surface area contributed by atoms with Gasteiger partial charge in [0.1, 0.15) is 0 Å². The number of hydrogen-bond acceptors (Lipinski definition) is 6. The molecule has 7 nitrogen and oxygen atoms in total. The molecule has 0 bridgehead atoms. The lowest BCUT2D eigenvalue weighted by Crippen LogP contribution is -2.52. The molecule has 0 aliphatic carbocycles. The Labute approximate surface area is 149 Å². The maximum absolute atomic E-state index is 12.1. The van der Waals surface area contributed by atoms with Crippen LogP contribution >= 0.6 is 23.8 Å². The molecule has 1 rings (SSSR count). The minimum absolute atomic E-state index is 0.0814. The molecule has 0 saturated carbocycles. The first kappa shape index (κ1) is 19.9. The second kappa shape index (κ2) is 9.84. The zero-order valence-corrected chi connectivity index (χ0v) is 14.7. The average molecular weight is 373 g/mol. The molecule has 1 aromatic rings. The van der Waals surface area contributed by atoms with Gasteiger partial charge in [-0.3, -0.25) is 10.1 Å². The highest BCUT2D eigenvalue weighted by Gasteiger charge is 2.30. The van der Waals surface area contributed by atoms with E-state index in [1.165, 1.54) is 12.1 Å². The van der Waals surface area contributed by atoms with Crippen LogP contribution in [-0.2, 0) is 19.1 Å². The van der Waals surface area contributed by atoms with Gasteiger partial charge in [0.2, 0.25) is 6.04 Å². The molecule has 24 heavy (non-hydrogen) atoms. The van der Waals surface area contributed by atoms with E-state index in [2.05, 4.69) is 10.6 Å². The summed E-state index contributed by atoms with van der Waals surface area (Å²) in [6.45, 7) is 3.36. The molecule has 0 saturated heterocycles. The first-order chi connectivity index (χ1) is 11.4. The molecule has 1 aromatic carbocycles. The summed E-state index contributed by atoms with van der Waals surface area (Å²) in [7, 11) is 0. The molecule has 0 atom stereocenters. The number of halogens is 1. The Morgan fingerprint density at radius 2 is 1.75 bits per heavy atom.